The van der Waals surface area contributed by atoms with Crippen LogP contribution in [0.3, 0.4) is 0 Å². The molecule has 0 fully saturated rings. The van der Waals surface area contributed by atoms with Gasteiger partial charge >= 0.3 is 13.6 Å². The van der Waals surface area contributed by atoms with Gasteiger partial charge in [-0.1, -0.05) is 23.2 Å². The van der Waals surface area contributed by atoms with E-state index in [0.717, 1.165) is 6.66 Å². The zero-order valence-electron chi connectivity index (χ0n) is 13.3. The van der Waals surface area contributed by atoms with Crippen molar-refractivity contribution in [2.75, 3.05) is 13.5 Å². The lowest BCUT2D eigenvalue weighted by molar-refractivity contribution is 0.0131. The molecule has 0 radical (unpaired) electrons. The van der Waals surface area contributed by atoms with Gasteiger partial charge < -0.3 is 14.0 Å². The maximum atomic E-state index is 12.0. The van der Waals surface area contributed by atoms with Crippen molar-refractivity contribution in [3.63, 3.8) is 0 Å². The molecule has 0 spiro atoms. The third-order valence-corrected chi connectivity index (χ3v) is 4.24. The minimum Gasteiger partial charge on any atom is -0.436 e. The van der Waals surface area contributed by atoms with Crippen molar-refractivity contribution in [3.05, 3.63) is 52.0 Å². The molecule has 2 aromatic carbocycles. The van der Waals surface area contributed by atoms with E-state index in [1.165, 1.54) is 12.1 Å². The molecule has 26 heavy (non-hydrogen) atoms. The average molecular weight is 416 g/mol. The summed E-state index contributed by atoms with van der Waals surface area (Å²) in [6.07, 6.45) is 0. The first kappa shape index (κ1) is 18.9. The third-order valence-electron chi connectivity index (χ3n) is 3.22. The predicted octanol–water partition coefficient (Wildman–Crippen LogP) is 4.75. The minimum atomic E-state index is -3.72. The monoisotopic (exact) mass is 415 g/mol. The molecule has 1 N–H and O–H groups in total. The normalized spacial score (nSPS) is 13.5. The van der Waals surface area contributed by atoms with Gasteiger partial charge in [0.2, 0.25) is 12.7 Å². The highest BCUT2D eigenvalue weighted by atomic mass is 35.5. The molecule has 0 bridgehead atoms. The van der Waals surface area contributed by atoms with E-state index in [1.807, 2.05) is 0 Å². The van der Waals surface area contributed by atoms with Crippen molar-refractivity contribution in [2.45, 2.75) is 0 Å². The van der Waals surface area contributed by atoms with Crippen LogP contribution in [0.5, 0.6) is 0 Å². The molecule has 1 unspecified atom stereocenters. The van der Waals surface area contributed by atoms with Crippen molar-refractivity contribution in [1.82, 2.24) is 4.98 Å². The standard InChI is InChI=1S/C16H12Cl2NO6P/c1-26(21,22)24-8-23-16(20)9-2-3-13-14(6-9)25-15(19-13)10-4-11(17)7-12(18)5-10/h2-7H,8H2,1H3,(H,21,22). The lowest BCUT2D eigenvalue weighted by Crippen LogP contribution is -2.07. The quantitative estimate of drug-likeness (QED) is 0.364. The lowest BCUT2D eigenvalue weighted by Gasteiger charge is -2.07. The van der Waals surface area contributed by atoms with Crippen LogP contribution < -0.4 is 0 Å². The van der Waals surface area contributed by atoms with Crippen LogP contribution in [0.15, 0.2) is 40.8 Å². The summed E-state index contributed by atoms with van der Waals surface area (Å²) in [5, 5.41) is 0.882. The largest absolute Gasteiger partial charge is 0.436 e. The summed E-state index contributed by atoms with van der Waals surface area (Å²) in [5.74, 6) is -0.436. The number of hydrogen-bond acceptors (Lipinski definition) is 6. The third kappa shape index (κ3) is 4.63. The number of benzene rings is 2. The number of rotatable bonds is 5. The van der Waals surface area contributed by atoms with Gasteiger partial charge in [-0.3, -0.25) is 9.09 Å². The van der Waals surface area contributed by atoms with Gasteiger partial charge in [0.25, 0.3) is 0 Å². The van der Waals surface area contributed by atoms with Gasteiger partial charge in [0.05, 0.1) is 5.56 Å². The molecule has 1 atom stereocenters. The van der Waals surface area contributed by atoms with Gasteiger partial charge in [0.15, 0.2) is 5.58 Å². The summed E-state index contributed by atoms with van der Waals surface area (Å²) in [6.45, 7) is 0.356. The molecule has 3 rings (SSSR count). The van der Waals surface area contributed by atoms with Crippen LogP contribution in [-0.2, 0) is 13.8 Å². The number of oxazole rings is 1. The number of ether oxygens (including phenoxy) is 1. The number of halogens is 2. The number of carbonyl (C=O) groups is 1. The molecule has 1 heterocycles. The van der Waals surface area contributed by atoms with E-state index >= 15 is 0 Å². The topological polar surface area (TPSA) is 98.9 Å². The number of hydrogen-bond donors (Lipinski definition) is 1. The van der Waals surface area contributed by atoms with Gasteiger partial charge in [-0.2, -0.15) is 0 Å². The number of nitrogens with zero attached hydrogens (tertiary/aromatic N) is 1. The zero-order chi connectivity index (χ0) is 18.9. The SMILES string of the molecule is CP(=O)(O)OCOC(=O)c1ccc2nc(-c3cc(Cl)cc(Cl)c3)oc2c1. The molecule has 10 heteroatoms. The molecule has 0 saturated carbocycles. The van der Waals surface area contributed by atoms with Crippen molar-refractivity contribution in [1.29, 1.82) is 0 Å². The highest BCUT2D eigenvalue weighted by molar-refractivity contribution is 7.51. The van der Waals surface area contributed by atoms with Gasteiger partial charge in [-0.15, -0.1) is 0 Å². The van der Waals surface area contributed by atoms with E-state index in [4.69, 9.17) is 37.2 Å². The molecular formula is C16H12Cl2NO6P. The van der Waals surface area contributed by atoms with Crippen LogP contribution >= 0.6 is 30.8 Å². The second-order valence-corrected chi connectivity index (χ2v) is 8.08. The van der Waals surface area contributed by atoms with Crippen molar-refractivity contribution < 1.29 is 27.9 Å². The molecule has 0 saturated heterocycles. The Morgan fingerprint density at radius 3 is 2.58 bits per heavy atom. The van der Waals surface area contributed by atoms with Crippen molar-refractivity contribution in [2.24, 2.45) is 0 Å². The Bertz CT molecular complexity index is 1010. The Labute approximate surface area is 158 Å². The first-order valence-electron chi connectivity index (χ1n) is 7.20. The van der Waals surface area contributed by atoms with Gasteiger partial charge in [-0.25, -0.2) is 9.78 Å². The highest BCUT2D eigenvalue weighted by Crippen LogP contribution is 2.36. The fourth-order valence-electron chi connectivity index (χ4n) is 2.11. The predicted molar refractivity (Wildman–Crippen MR) is 96.6 cm³/mol. The maximum Gasteiger partial charge on any atom is 0.340 e. The van der Waals surface area contributed by atoms with E-state index in [9.17, 15) is 9.36 Å². The van der Waals surface area contributed by atoms with Crippen LogP contribution in [0.25, 0.3) is 22.6 Å². The Morgan fingerprint density at radius 1 is 1.23 bits per heavy atom. The van der Waals surface area contributed by atoms with E-state index in [1.54, 1.807) is 24.3 Å². The summed E-state index contributed by atoms with van der Waals surface area (Å²) >= 11 is 12.0. The van der Waals surface area contributed by atoms with E-state index in [-0.39, 0.29) is 5.56 Å². The van der Waals surface area contributed by atoms with Gasteiger partial charge in [-0.05, 0) is 36.4 Å². The van der Waals surface area contributed by atoms with Crippen LogP contribution in [0, 0.1) is 0 Å². The Kier molecular flexibility index (Phi) is 5.37. The first-order chi connectivity index (χ1) is 12.2. The van der Waals surface area contributed by atoms with E-state index in [2.05, 4.69) is 9.51 Å². The molecular weight excluding hydrogens is 404 g/mol. The molecule has 1 aromatic heterocycles. The molecule has 0 aliphatic carbocycles. The first-order valence-corrected chi connectivity index (χ1v) is 9.98. The minimum absolute atomic E-state index is 0.178. The molecule has 136 valence electrons. The van der Waals surface area contributed by atoms with Crippen LogP contribution in [0.1, 0.15) is 10.4 Å². The highest BCUT2D eigenvalue weighted by Gasteiger charge is 2.15. The van der Waals surface area contributed by atoms with E-state index in [0.29, 0.717) is 32.6 Å². The fourth-order valence-corrected chi connectivity index (χ4v) is 2.89. The Morgan fingerprint density at radius 2 is 1.92 bits per heavy atom. The lowest BCUT2D eigenvalue weighted by atomic mass is 10.2. The second-order valence-electron chi connectivity index (χ2n) is 5.34. The number of fused-ring (bicyclic) bond motifs is 1. The fraction of sp³-hybridized carbons (Fsp3) is 0.125. The summed E-state index contributed by atoms with van der Waals surface area (Å²) < 4.78 is 25.9. The van der Waals surface area contributed by atoms with Gasteiger partial charge in [0.1, 0.15) is 5.52 Å². The van der Waals surface area contributed by atoms with E-state index < -0.39 is 20.4 Å². The summed E-state index contributed by atoms with van der Waals surface area (Å²) in [7, 11) is -3.72. The smallest absolute Gasteiger partial charge is 0.340 e. The van der Waals surface area contributed by atoms with Crippen molar-refractivity contribution in [3.8, 4) is 11.5 Å². The number of aromatic nitrogens is 1. The maximum absolute atomic E-state index is 12.0. The average Bonchev–Trinajstić information content (AvgIpc) is 2.95. The summed E-state index contributed by atoms with van der Waals surface area (Å²) in [6, 6.07) is 9.43. The van der Waals surface area contributed by atoms with Gasteiger partial charge in [0, 0.05) is 22.3 Å². The van der Waals surface area contributed by atoms with Crippen molar-refractivity contribution >= 4 is 47.9 Å². The number of carbonyl (C=O) groups excluding carboxylic acids is 1. The van der Waals surface area contributed by atoms with Crippen LogP contribution in [0.4, 0.5) is 0 Å². The Balaban J connectivity index is 1.83. The second kappa shape index (κ2) is 7.39. The van der Waals surface area contributed by atoms with Crippen LogP contribution in [0.2, 0.25) is 10.0 Å². The molecule has 7 nitrogen and oxygen atoms in total. The van der Waals surface area contributed by atoms with Crippen LogP contribution in [-0.4, -0.2) is 29.3 Å². The molecule has 0 amide bonds. The molecule has 0 aliphatic rings. The molecule has 3 aromatic rings. The summed E-state index contributed by atoms with van der Waals surface area (Å²) in [5.41, 5.74) is 1.65. The molecule has 0 aliphatic heterocycles. The Hall–Kier alpha value is -1.89. The number of esters is 1. The zero-order valence-corrected chi connectivity index (χ0v) is 15.7. The summed E-state index contributed by atoms with van der Waals surface area (Å²) in [4.78, 5) is 25.3.